The van der Waals surface area contributed by atoms with Gasteiger partial charge >= 0.3 is 0 Å². The molecule has 0 radical (unpaired) electrons. The Hall–Kier alpha value is -2.78. The van der Waals surface area contributed by atoms with Crippen molar-refractivity contribution in [2.45, 2.75) is 17.9 Å². The van der Waals surface area contributed by atoms with Gasteiger partial charge in [0.2, 0.25) is 21.8 Å². The molecule has 7 nitrogen and oxygen atoms in total. The third kappa shape index (κ3) is 4.06. The van der Waals surface area contributed by atoms with E-state index in [1.807, 2.05) is 0 Å². The van der Waals surface area contributed by atoms with Crippen molar-refractivity contribution in [2.75, 3.05) is 11.9 Å². The zero-order chi connectivity index (χ0) is 18.7. The maximum atomic E-state index is 13.5. The third-order valence-corrected chi connectivity index (χ3v) is 5.27. The summed E-state index contributed by atoms with van der Waals surface area (Å²) >= 11 is 0. The van der Waals surface area contributed by atoms with Gasteiger partial charge in [0.25, 0.3) is 0 Å². The van der Waals surface area contributed by atoms with Crippen molar-refractivity contribution in [1.82, 2.24) is 10.0 Å². The lowest BCUT2D eigenvalue weighted by Gasteiger charge is -2.09. The quantitative estimate of drug-likeness (QED) is 0.696. The zero-order valence-electron chi connectivity index (χ0n) is 13.6. The SMILES string of the molecule is O=C(CNS(=O)(=O)c1ccc2c(c1)CC(=O)N2)NCc1ccccc1F. The van der Waals surface area contributed by atoms with Gasteiger partial charge in [-0.1, -0.05) is 18.2 Å². The maximum absolute atomic E-state index is 13.5. The molecule has 2 amide bonds. The van der Waals surface area contributed by atoms with Crippen molar-refractivity contribution in [3.63, 3.8) is 0 Å². The molecule has 136 valence electrons. The van der Waals surface area contributed by atoms with E-state index in [1.54, 1.807) is 6.07 Å². The highest BCUT2D eigenvalue weighted by Gasteiger charge is 2.22. The molecular weight excluding hydrogens is 361 g/mol. The smallest absolute Gasteiger partial charge is 0.241 e. The predicted octanol–water partition coefficient (Wildman–Crippen LogP) is 0.915. The molecule has 0 saturated heterocycles. The van der Waals surface area contributed by atoms with E-state index in [-0.39, 0.29) is 23.8 Å². The minimum Gasteiger partial charge on any atom is -0.351 e. The van der Waals surface area contributed by atoms with E-state index in [4.69, 9.17) is 0 Å². The summed E-state index contributed by atoms with van der Waals surface area (Å²) in [6, 6.07) is 10.2. The molecule has 0 saturated carbocycles. The molecule has 1 aliphatic rings. The standard InChI is InChI=1S/C17H16FN3O4S/c18-14-4-2-1-3-11(14)9-19-17(23)10-20-26(24,25)13-5-6-15-12(7-13)8-16(22)21-15/h1-7,20H,8-10H2,(H,19,23)(H,21,22). The second kappa shape index (κ2) is 7.22. The molecule has 1 aliphatic heterocycles. The van der Waals surface area contributed by atoms with Crippen LogP contribution in [0.15, 0.2) is 47.4 Å². The summed E-state index contributed by atoms with van der Waals surface area (Å²) in [6.45, 7) is -0.523. The van der Waals surface area contributed by atoms with E-state index in [0.717, 1.165) is 0 Å². The molecule has 0 bridgehead atoms. The van der Waals surface area contributed by atoms with E-state index in [9.17, 15) is 22.4 Å². The molecule has 0 aliphatic carbocycles. The number of hydrogen-bond donors (Lipinski definition) is 3. The molecule has 3 rings (SSSR count). The Morgan fingerprint density at radius 2 is 1.96 bits per heavy atom. The monoisotopic (exact) mass is 377 g/mol. The fourth-order valence-corrected chi connectivity index (χ4v) is 3.55. The Bertz CT molecular complexity index is 976. The Kier molecular flexibility index (Phi) is 5.01. The first-order valence-corrected chi connectivity index (χ1v) is 9.26. The first kappa shape index (κ1) is 18.0. The number of sulfonamides is 1. The maximum Gasteiger partial charge on any atom is 0.241 e. The molecule has 26 heavy (non-hydrogen) atoms. The number of benzene rings is 2. The van der Waals surface area contributed by atoms with Gasteiger partial charge < -0.3 is 10.6 Å². The highest BCUT2D eigenvalue weighted by atomic mass is 32.2. The number of amides is 2. The second-order valence-corrected chi connectivity index (χ2v) is 7.50. The number of anilines is 1. The molecule has 3 N–H and O–H groups in total. The largest absolute Gasteiger partial charge is 0.351 e. The van der Waals surface area contributed by atoms with Crippen LogP contribution in [0.2, 0.25) is 0 Å². The molecule has 0 atom stereocenters. The van der Waals surface area contributed by atoms with Crippen molar-refractivity contribution in [3.05, 3.63) is 59.4 Å². The van der Waals surface area contributed by atoms with Crippen LogP contribution in [0, 0.1) is 5.82 Å². The van der Waals surface area contributed by atoms with E-state index in [2.05, 4.69) is 15.4 Å². The van der Waals surface area contributed by atoms with Gasteiger partial charge in [0.15, 0.2) is 0 Å². The van der Waals surface area contributed by atoms with Crippen molar-refractivity contribution >= 4 is 27.5 Å². The summed E-state index contributed by atoms with van der Waals surface area (Å²) in [5.74, 6) is -1.24. The molecule has 1 heterocycles. The van der Waals surface area contributed by atoms with Crippen LogP contribution in [0.1, 0.15) is 11.1 Å². The minimum absolute atomic E-state index is 0.0327. The summed E-state index contributed by atoms with van der Waals surface area (Å²) < 4.78 is 40.3. The van der Waals surface area contributed by atoms with Crippen molar-refractivity contribution < 1.29 is 22.4 Å². The molecule has 0 fully saturated rings. The molecule has 0 unspecified atom stereocenters. The van der Waals surface area contributed by atoms with Crippen LogP contribution in [0.4, 0.5) is 10.1 Å². The number of halogens is 1. The predicted molar refractivity (Wildman–Crippen MR) is 92.2 cm³/mol. The molecule has 9 heteroatoms. The summed E-state index contributed by atoms with van der Waals surface area (Å²) in [5, 5.41) is 5.06. The van der Waals surface area contributed by atoms with Crippen LogP contribution >= 0.6 is 0 Å². The highest BCUT2D eigenvalue weighted by molar-refractivity contribution is 7.89. The number of fused-ring (bicyclic) bond motifs is 1. The van der Waals surface area contributed by atoms with Crippen LogP contribution in [0.25, 0.3) is 0 Å². The van der Waals surface area contributed by atoms with Crippen LogP contribution in [0.5, 0.6) is 0 Å². The van der Waals surface area contributed by atoms with Gasteiger partial charge in [0.1, 0.15) is 5.82 Å². The van der Waals surface area contributed by atoms with E-state index < -0.39 is 28.3 Å². The number of hydrogen-bond acceptors (Lipinski definition) is 4. The van der Waals surface area contributed by atoms with E-state index in [0.29, 0.717) is 16.8 Å². The van der Waals surface area contributed by atoms with Crippen molar-refractivity contribution in [2.24, 2.45) is 0 Å². The number of rotatable bonds is 6. The number of nitrogens with one attached hydrogen (secondary N) is 3. The Morgan fingerprint density at radius 1 is 1.19 bits per heavy atom. The molecule has 2 aromatic carbocycles. The molecule has 2 aromatic rings. The van der Waals surface area contributed by atoms with Crippen LogP contribution in [-0.4, -0.2) is 26.8 Å². The van der Waals surface area contributed by atoms with Crippen molar-refractivity contribution in [3.8, 4) is 0 Å². The average Bonchev–Trinajstić information content (AvgIpc) is 2.98. The lowest BCUT2D eigenvalue weighted by molar-refractivity contribution is -0.120. The molecule has 0 spiro atoms. The lowest BCUT2D eigenvalue weighted by Crippen LogP contribution is -2.36. The fourth-order valence-electron chi connectivity index (χ4n) is 2.51. The normalized spacial score (nSPS) is 13.2. The first-order chi connectivity index (χ1) is 12.3. The van der Waals surface area contributed by atoms with Gasteiger partial charge in [-0.15, -0.1) is 0 Å². The summed E-state index contributed by atoms with van der Waals surface area (Å²) in [5.41, 5.74) is 1.47. The number of carbonyl (C=O) groups is 2. The van der Waals surface area contributed by atoms with Gasteiger partial charge in [-0.25, -0.2) is 17.5 Å². The molecule has 0 aromatic heterocycles. The summed E-state index contributed by atoms with van der Waals surface area (Å²) in [6.07, 6.45) is 0.113. The van der Waals surface area contributed by atoms with E-state index in [1.165, 1.54) is 36.4 Å². The van der Waals surface area contributed by atoms with Gasteiger partial charge in [0.05, 0.1) is 17.9 Å². The van der Waals surface area contributed by atoms with Crippen LogP contribution in [0.3, 0.4) is 0 Å². The van der Waals surface area contributed by atoms with E-state index >= 15 is 0 Å². The number of carbonyl (C=O) groups excluding carboxylic acids is 2. The van der Waals surface area contributed by atoms with Crippen LogP contribution in [-0.2, 0) is 32.6 Å². The Labute approximate surface area is 149 Å². The minimum atomic E-state index is -3.91. The Morgan fingerprint density at radius 3 is 2.73 bits per heavy atom. The molecular formula is C17H16FN3O4S. The van der Waals surface area contributed by atoms with Crippen molar-refractivity contribution in [1.29, 1.82) is 0 Å². The highest BCUT2D eigenvalue weighted by Crippen LogP contribution is 2.25. The topological polar surface area (TPSA) is 104 Å². The Balaban J connectivity index is 1.58. The lowest BCUT2D eigenvalue weighted by atomic mass is 10.2. The van der Waals surface area contributed by atoms with Gasteiger partial charge in [-0.3, -0.25) is 9.59 Å². The average molecular weight is 377 g/mol. The zero-order valence-corrected chi connectivity index (χ0v) is 14.4. The van der Waals surface area contributed by atoms with Crippen LogP contribution < -0.4 is 15.4 Å². The second-order valence-electron chi connectivity index (χ2n) is 5.74. The van der Waals surface area contributed by atoms with Gasteiger partial charge in [0, 0.05) is 17.8 Å². The third-order valence-electron chi connectivity index (χ3n) is 3.87. The van der Waals surface area contributed by atoms with Gasteiger partial charge in [-0.2, -0.15) is 0 Å². The summed E-state index contributed by atoms with van der Waals surface area (Å²) in [4.78, 5) is 23.1. The van der Waals surface area contributed by atoms with Gasteiger partial charge in [-0.05, 0) is 29.8 Å². The fraction of sp³-hybridized carbons (Fsp3) is 0.176. The summed E-state index contributed by atoms with van der Waals surface area (Å²) in [7, 11) is -3.91. The first-order valence-electron chi connectivity index (χ1n) is 7.78.